The number of rotatable bonds is 6. The largest absolute Gasteiger partial charge is 0.504 e. The Morgan fingerprint density at radius 2 is 1.76 bits per heavy atom. The number of phenols is 1. The van der Waals surface area contributed by atoms with Gasteiger partial charge in [-0.3, -0.25) is 19.4 Å². The molecule has 1 aromatic heterocycles. The molecule has 0 atom stereocenters. The molecular formula is C23H19F3N4O4. The number of aromatic nitrogens is 2. The molecule has 0 saturated heterocycles. The van der Waals surface area contributed by atoms with Crippen LogP contribution in [0.3, 0.4) is 0 Å². The normalized spacial score (nSPS) is 11.4. The van der Waals surface area contributed by atoms with Gasteiger partial charge in [0.1, 0.15) is 5.69 Å². The van der Waals surface area contributed by atoms with Crippen LogP contribution in [0.2, 0.25) is 0 Å². The summed E-state index contributed by atoms with van der Waals surface area (Å²) in [6.45, 7) is 1.74. The predicted octanol–water partition coefficient (Wildman–Crippen LogP) is 4.89. The van der Waals surface area contributed by atoms with Crippen molar-refractivity contribution in [3.05, 3.63) is 75.2 Å². The molecule has 0 fully saturated rings. The highest BCUT2D eigenvalue weighted by molar-refractivity contribution is 5.66. The zero-order valence-electron chi connectivity index (χ0n) is 17.8. The molecule has 2 aromatic carbocycles. The fourth-order valence-electron chi connectivity index (χ4n) is 3.05. The van der Waals surface area contributed by atoms with Gasteiger partial charge in [0.15, 0.2) is 11.4 Å². The zero-order chi connectivity index (χ0) is 24.9. The summed E-state index contributed by atoms with van der Waals surface area (Å²) in [5.41, 5.74) is -1.27. The molecule has 0 bridgehead atoms. The minimum absolute atomic E-state index is 0.0229. The van der Waals surface area contributed by atoms with Gasteiger partial charge in [0.05, 0.1) is 16.8 Å². The molecule has 176 valence electrons. The number of aliphatic carboxylic acids is 1. The minimum Gasteiger partial charge on any atom is -0.504 e. The molecule has 3 N–H and O–H groups in total. The van der Waals surface area contributed by atoms with E-state index in [1.165, 1.54) is 41.1 Å². The number of benzene rings is 2. The number of nitrogens with one attached hydrogen (secondary N) is 1. The number of hydrogen-bond donors (Lipinski definition) is 3. The minimum atomic E-state index is -4.57. The van der Waals surface area contributed by atoms with Crippen LogP contribution in [0.15, 0.2) is 57.5 Å². The number of carbonyl (C=O) groups is 1. The summed E-state index contributed by atoms with van der Waals surface area (Å²) in [7, 11) is 0. The van der Waals surface area contributed by atoms with Gasteiger partial charge >= 0.3 is 12.1 Å². The van der Waals surface area contributed by atoms with Gasteiger partial charge in [-0.2, -0.15) is 13.2 Å². The standard InChI is InChI=1S/C23H19F3N4O4/c1-14-20(22(34)30(29-14)13-5-10-19(31)32)28-27-18-9-4-7-16(21(18)33)12-11-15-6-2-3-8-17(15)23(24,25)26/h2-4,6-9,29,33H,5,10,13H2,1H3,(H,31,32). The van der Waals surface area contributed by atoms with Crippen LogP contribution < -0.4 is 5.56 Å². The molecule has 0 amide bonds. The van der Waals surface area contributed by atoms with E-state index in [1.54, 1.807) is 6.92 Å². The topological polar surface area (TPSA) is 120 Å². The van der Waals surface area contributed by atoms with Crippen molar-refractivity contribution in [1.82, 2.24) is 9.78 Å². The van der Waals surface area contributed by atoms with Crippen molar-refractivity contribution in [1.29, 1.82) is 0 Å². The quantitative estimate of drug-likeness (QED) is 0.349. The van der Waals surface area contributed by atoms with Crippen LogP contribution in [0.5, 0.6) is 5.75 Å². The maximum Gasteiger partial charge on any atom is 0.417 e. The van der Waals surface area contributed by atoms with Crippen LogP contribution in [0.4, 0.5) is 24.5 Å². The lowest BCUT2D eigenvalue weighted by Crippen LogP contribution is -2.17. The van der Waals surface area contributed by atoms with E-state index < -0.39 is 29.0 Å². The van der Waals surface area contributed by atoms with Crippen molar-refractivity contribution in [2.45, 2.75) is 32.5 Å². The molecule has 0 aliphatic heterocycles. The maximum absolute atomic E-state index is 13.1. The average molecular weight is 472 g/mol. The number of para-hydroxylation sites is 1. The third-order valence-electron chi connectivity index (χ3n) is 4.71. The summed E-state index contributed by atoms with van der Waals surface area (Å²) in [4.78, 5) is 23.1. The van der Waals surface area contributed by atoms with Crippen LogP contribution in [-0.4, -0.2) is 26.0 Å². The molecule has 0 saturated carbocycles. The lowest BCUT2D eigenvalue weighted by molar-refractivity contribution is -0.138. The first kappa shape index (κ1) is 24.3. The Hall–Kier alpha value is -4.33. The maximum atomic E-state index is 13.1. The van der Waals surface area contributed by atoms with E-state index in [0.717, 1.165) is 6.07 Å². The Balaban J connectivity index is 1.87. The number of aryl methyl sites for hydroxylation is 2. The van der Waals surface area contributed by atoms with Crippen LogP contribution in [0.25, 0.3) is 0 Å². The SMILES string of the molecule is Cc1[nH]n(CCCC(=O)O)c(=O)c1N=Nc1cccc(C#Cc2ccccc2C(F)(F)F)c1O. The monoisotopic (exact) mass is 472 g/mol. The summed E-state index contributed by atoms with van der Waals surface area (Å²) in [6, 6.07) is 9.14. The molecular weight excluding hydrogens is 453 g/mol. The summed E-state index contributed by atoms with van der Waals surface area (Å²) in [5.74, 6) is 3.56. The Bertz CT molecular complexity index is 1360. The number of alkyl halides is 3. The number of carboxylic acids is 1. The van der Waals surface area contributed by atoms with Crippen molar-refractivity contribution < 1.29 is 28.2 Å². The van der Waals surface area contributed by atoms with Crippen LogP contribution in [-0.2, 0) is 17.5 Å². The second-order valence-electron chi connectivity index (χ2n) is 7.21. The van der Waals surface area contributed by atoms with Crippen molar-refractivity contribution in [2.24, 2.45) is 10.2 Å². The molecule has 3 rings (SSSR count). The molecule has 0 radical (unpaired) electrons. The van der Waals surface area contributed by atoms with Gasteiger partial charge in [0.25, 0.3) is 5.56 Å². The van der Waals surface area contributed by atoms with E-state index >= 15 is 0 Å². The number of halogens is 3. The van der Waals surface area contributed by atoms with E-state index in [1.807, 2.05) is 0 Å². The summed E-state index contributed by atoms with van der Waals surface area (Å²) in [5, 5.41) is 29.7. The molecule has 0 spiro atoms. The third-order valence-corrected chi connectivity index (χ3v) is 4.71. The Morgan fingerprint density at radius 1 is 1.09 bits per heavy atom. The van der Waals surface area contributed by atoms with Crippen molar-refractivity contribution in [3.8, 4) is 17.6 Å². The highest BCUT2D eigenvalue weighted by atomic mass is 19.4. The lowest BCUT2D eigenvalue weighted by atomic mass is 10.1. The molecule has 34 heavy (non-hydrogen) atoms. The van der Waals surface area contributed by atoms with Gasteiger partial charge < -0.3 is 10.2 Å². The Labute approximate surface area is 191 Å². The van der Waals surface area contributed by atoms with Crippen molar-refractivity contribution >= 4 is 17.3 Å². The van der Waals surface area contributed by atoms with E-state index in [9.17, 15) is 27.9 Å². The van der Waals surface area contributed by atoms with Crippen molar-refractivity contribution in [3.63, 3.8) is 0 Å². The summed E-state index contributed by atoms with van der Waals surface area (Å²) in [6.07, 6.45) is -4.43. The van der Waals surface area contributed by atoms with E-state index in [0.29, 0.717) is 5.69 Å². The van der Waals surface area contributed by atoms with E-state index in [4.69, 9.17) is 5.11 Å². The number of azo groups is 1. The molecule has 0 unspecified atom stereocenters. The van der Waals surface area contributed by atoms with Crippen LogP contribution in [0.1, 0.15) is 35.2 Å². The molecule has 11 heteroatoms. The molecule has 8 nitrogen and oxygen atoms in total. The molecule has 0 aliphatic rings. The van der Waals surface area contributed by atoms with Gasteiger partial charge in [0, 0.05) is 18.5 Å². The lowest BCUT2D eigenvalue weighted by Gasteiger charge is -2.08. The zero-order valence-corrected chi connectivity index (χ0v) is 17.8. The Kier molecular flexibility index (Phi) is 7.21. The van der Waals surface area contributed by atoms with Gasteiger partial charge in [-0.25, -0.2) is 0 Å². The Morgan fingerprint density at radius 3 is 2.47 bits per heavy atom. The number of nitrogens with zero attached hydrogens (tertiary/aromatic N) is 3. The van der Waals surface area contributed by atoms with Crippen molar-refractivity contribution in [2.75, 3.05) is 0 Å². The third kappa shape index (κ3) is 5.72. The first-order chi connectivity index (χ1) is 16.1. The van der Waals surface area contributed by atoms with Gasteiger partial charge in [-0.15, -0.1) is 10.2 Å². The number of hydrogen-bond acceptors (Lipinski definition) is 5. The molecule has 3 aromatic rings. The second kappa shape index (κ2) is 10.1. The molecule has 1 heterocycles. The molecule has 0 aliphatic carbocycles. The van der Waals surface area contributed by atoms with E-state index in [-0.39, 0.29) is 41.9 Å². The highest BCUT2D eigenvalue weighted by Gasteiger charge is 2.32. The first-order valence-corrected chi connectivity index (χ1v) is 10.0. The summed E-state index contributed by atoms with van der Waals surface area (Å²) >= 11 is 0. The summed E-state index contributed by atoms with van der Waals surface area (Å²) < 4.78 is 40.7. The number of phenolic OH excluding ortho intramolecular Hbond substituents is 1. The van der Waals surface area contributed by atoms with Gasteiger partial charge in [-0.05, 0) is 37.6 Å². The number of carboxylic acid groups (broad SMARTS) is 1. The number of aromatic amines is 1. The van der Waals surface area contributed by atoms with Crippen LogP contribution >= 0.6 is 0 Å². The number of aromatic hydroxyl groups is 1. The van der Waals surface area contributed by atoms with Gasteiger partial charge in [0.2, 0.25) is 0 Å². The first-order valence-electron chi connectivity index (χ1n) is 10.0. The van der Waals surface area contributed by atoms with E-state index in [2.05, 4.69) is 27.2 Å². The average Bonchev–Trinajstić information content (AvgIpc) is 3.04. The number of H-pyrrole nitrogens is 1. The smallest absolute Gasteiger partial charge is 0.417 e. The van der Waals surface area contributed by atoms with Crippen LogP contribution in [0, 0.1) is 18.8 Å². The highest BCUT2D eigenvalue weighted by Crippen LogP contribution is 2.33. The van der Waals surface area contributed by atoms with Gasteiger partial charge in [-0.1, -0.05) is 30.0 Å². The fourth-order valence-corrected chi connectivity index (χ4v) is 3.05. The fraction of sp³-hybridized carbons (Fsp3) is 0.217. The predicted molar refractivity (Wildman–Crippen MR) is 116 cm³/mol. The second-order valence-corrected chi connectivity index (χ2v) is 7.21.